The smallest absolute Gasteiger partial charge is 0.416 e. The van der Waals surface area contributed by atoms with Crippen LogP contribution in [0.3, 0.4) is 0 Å². The van der Waals surface area contributed by atoms with E-state index in [2.05, 4.69) is 19.8 Å². The summed E-state index contributed by atoms with van der Waals surface area (Å²) in [7, 11) is -1.21. The summed E-state index contributed by atoms with van der Waals surface area (Å²) in [5.74, 6) is -0.144. The molecule has 0 saturated heterocycles. The van der Waals surface area contributed by atoms with Gasteiger partial charge in [0.15, 0.2) is 0 Å². The lowest BCUT2D eigenvalue weighted by Gasteiger charge is -2.18. The summed E-state index contributed by atoms with van der Waals surface area (Å²) in [5, 5.41) is 6.86. The molecule has 0 radical (unpaired) electrons. The predicted octanol–water partition coefficient (Wildman–Crippen LogP) is 5.89. The van der Waals surface area contributed by atoms with Crippen LogP contribution < -0.4 is 10.9 Å². The van der Waals surface area contributed by atoms with Crippen LogP contribution in [0.1, 0.15) is 38.6 Å². The van der Waals surface area contributed by atoms with Crippen LogP contribution in [0.2, 0.25) is 0 Å². The first kappa shape index (κ1) is 31.4. The lowest BCUT2D eigenvalue weighted by atomic mass is 10.1. The summed E-state index contributed by atoms with van der Waals surface area (Å²) in [6.07, 6.45) is -1.63. The van der Waals surface area contributed by atoms with E-state index in [-0.39, 0.29) is 23.8 Å². The second-order valence-corrected chi connectivity index (χ2v) is 12.7. The quantitative estimate of drug-likeness (QED) is 0.237. The molecule has 10 nitrogen and oxygen atoms in total. The topological polar surface area (TPSA) is 124 Å². The fourth-order valence-corrected chi connectivity index (χ4v) is 5.85. The van der Waals surface area contributed by atoms with Crippen LogP contribution in [-0.4, -0.2) is 35.7 Å². The van der Waals surface area contributed by atoms with Gasteiger partial charge in [-0.15, -0.1) is 4.36 Å². The van der Waals surface area contributed by atoms with Crippen LogP contribution in [0.15, 0.2) is 85.3 Å². The van der Waals surface area contributed by atoms with Crippen molar-refractivity contribution >= 4 is 21.7 Å². The number of aromatic nitrogens is 4. The predicted molar refractivity (Wildman–Crippen MR) is 162 cm³/mol. The highest BCUT2D eigenvalue weighted by Crippen LogP contribution is 2.31. The van der Waals surface area contributed by atoms with Crippen molar-refractivity contribution in [1.82, 2.24) is 24.6 Å². The zero-order valence-electron chi connectivity index (χ0n) is 25.0. The number of pyridine rings is 1. The van der Waals surface area contributed by atoms with Crippen molar-refractivity contribution < 1.29 is 26.6 Å². The van der Waals surface area contributed by atoms with E-state index in [9.17, 15) is 27.0 Å². The molecule has 2 aromatic carbocycles. The molecule has 0 aliphatic heterocycles. The molecule has 14 heteroatoms. The van der Waals surface area contributed by atoms with Crippen LogP contribution in [0.5, 0.6) is 0 Å². The molecule has 5 aromatic rings. The second-order valence-electron chi connectivity index (χ2n) is 10.4. The Morgan fingerprint density at radius 2 is 1.78 bits per heavy atom. The SMILES string of the molecule is Cc1nc(N=S(C)(=O)c2ccc(CNC(=O)c3cc(-c4ccnn4C)c(C)n(-c4cccc(C(F)(F)F)c4)c3=O)cc2)oc1C. The van der Waals surface area contributed by atoms with Crippen LogP contribution >= 0.6 is 0 Å². The van der Waals surface area contributed by atoms with E-state index in [1.165, 1.54) is 35.3 Å². The number of alkyl halides is 3. The Bertz CT molecular complexity index is 2080. The number of hydrogen-bond acceptors (Lipinski definition) is 7. The maximum atomic E-state index is 13.7. The number of amides is 1. The molecular formula is C31H29F3N6O4S. The Labute approximate surface area is 256 Å². The normalized spacial score (nSPS) is 13.0. The minimum Gasteiger partial charge on any atom is -0.427 e. The van der Waals surface area contributed by atoms with Gasteiger partial charge in [0, 0.05) is 47.9 Å². The van der Waals surface area contributed by atoms with Crippen molar-refractivity contribution in [2.45, 2.75) is 38.4 Å². The van der Waals surface area contributed by atoms with Gasteiger partial charge in [-0.1, -0.05) is 18.2 Å². The standard InChI is InChI=1S/C31H29F3N6O4S/c1-18-20(3)44-30(37-18)38-45(5,43)24-11-9-21(10-12-24)17-35-28(41)26-16-25(27-13-14-36-39(27)4)19(2)40(29(26)42)23-8-6-7-22(15-23)31(32,33)34/h6-16H,17H2,1-5H3,(H,35,41). The van der Waals surface area contributed by atoms with Gasteiger partial charge in [0.2, 0.25) is 0 Å². The van der Waals surface area contributed by atoms with Crippen molar-refractivity contribution in [3.8, 4) is 16.9 Å². The minimum absolute atomic E-state index is 0.0111. The van der Waals surface area contributed by atoms with E-state index in [1.54, 1.807) is 58.2 Å². The van der Waals surface area contributed by atoms with Gasteiger partial charge in [-0.3, -0.25) is 18.8 Å². The highest BCUT2D eigenvalue weighted by molar-refractivity contribution is 7.93. The molecule has 0 fully saturated rings. The highest BCUT2D eigenvalue weighted by Gasteiger charge is 2.31. The van der Waals surface area contributed by atoms with Gasteiger partial charge in [0.1, 0.15) is 11.3 Å². The number of carbonyl (C=O) groups excluding carboxylic acids is 1. The van der Waals surface area contributed by atoms with Gasteiger partial charge in [0.25, 0.3) is 11.5 Å². The Balaban J connectivity index is 1.46. The zero-order chi connectivity index (χ0) is 32.7. The molecule has 0 aliphatic carbocycles. The fraction of sp³-hybridized carbons (Fsp3) is 0.226. The van der Waals surface area contributed by atoms with E-state index < -0.39 is 32.9 Å². The second kappa shape index (κ2) is 11.8. The Morgan fingerprint density at radius 1 is 1.07 bits per heavy atom. The van der Waals surface area contributed by atoms with E-state index >= 15 is 0 Å². The summed E-state index contributed by atoms with van der Waals surface area (Å²) < 4.78 is 66.0. The first-order chi connectivity index (χ1) is 21.2. The first-order valence-corrected chi connectivity index (χ1v) is 15.5. The minimum atomic E-state index is -4.63. The summed E-state index contributed by atoms with van der Waals surface area (Å²) in [5.41, 5.74) is 0.609. The van der Waals surface area contributed by atoms with Gasteiger partial charge >= 0.3 is 12.2 Å². The van der Waals surface area contributed by atoms with Gasteiger partial charge in [-0.25, -0.2) is 4.21 Å². The number of hydrogen-bond donors (Lipinski definition) is 1. The number of benzene rings is 2. The molecule has 1 unspecified atom stereocenters. The van der Waals surface area contributed by atoms with Crippen molar-refractivity contribution in [3.63, 3.8) is 0 Å². The number of halogens is 3. The van der Waals surface area contributed by atoms with Crippen LogP contribution in [0.25, 0.3) is 16.9 Å². The Kier molecular flexibility index (Phi) is 8.27. The highest BCUT2D eigenvalue weighted by atomic mass is 32.2. The molecule has 5 rings (SSSR count). The largest absolute Gasteiger partial charge is 0.427 e. The molecule has 0 aliphatic rings. The Morgan fingerprint density at radius 3 is 2.38 bits per heavy atom. The number of aryl methyl sites for hydroxylation is 3. The molecule has 0 bridgehead atoms. The summed E-state index contributed by atoms with van der Waals surface area (Å²) in [6, 6.07) is 14.0. The number of nitrogens with one attached hydrogen (secondary N) is 1. The third kappa shape index (κ3) is 6.45. The fourth-order valence-electron chi connectivity index (χ4n) is 4.73. The zero-order valence-corrected chi connectivity index (χ0v) is 25.8. The monoisotopic (exact) mass is 638 g/mol. The maximum Gasteiger partial charge on any atom is 0.416 e. The molecule has 234 valence electrons. The van der Waals surface area contributed by atoms with Gasteiger partial charge in [-0.05, 0) is 68.8 Å². The lowest BCUT2D eigenvalue weighted by Crippen LogP contribution is -2.33. The van der Waals surface area contributed by atoms with E-state index in [1.807, 2.05) is 0 Å². The number of oxazole rings is 1. The molecule has 1 N–H and O–H groups in total. The average Bonchev–Trinajstić information content (AvgIpc) is 3.54. The van der Waals surface area contributed by atoms with Crippen molar-refractivity contribution in [2.75, 3.05) is 6.26 Å². The van der Waals surface area contributed by atoms with Gasteiger partial charge in [0.05, 0.1) is 26.7 Å². The van der Waals surface area contributed by atoms with Crippen molar-refractivity contribution in [2.24, 2.45) is 11.4 Å². The Hall–Kier alpha value is -4.98. The summed E-state index contributed by atoms with van der Waals surface area (Å²) in [6.45, 7) is 5.10. The molecule has 0 spiro atoms. The van der Waals surface area contributed by atoms with Gasteiger partial charge in [-0.2, -0.15) is 23.3 Å². The molecular weight excluding hydrogens is 609 g/mol. The van der Waals surface area contributed by atoms with E-state index in [4.69, 9.17) is 4.42 Å². The molecule has 0 saturated carbocycles. The average molecular weight is 639 g/mol. The number of rotatable bonds is 7. The first-order valence-electron chi connectivity index (χ1n) is 13.6. The van der Waals surface area contributed by atoms with E-state index in [0.717, 1.165) is 16.7 Å². The summed E-state index contributed by atoms with van der Waals surface area (Å²) >= 11 is 0. The number of nitrogens with zero attached hydrogens (tertiary/aromatic N) is 5. The molecule has 1 amide bonds. The third-order valence-electron chi connectivity index (χ3n) is 7.30. The van der Waals surface area contributed by atoms with Crippen LogP contribution in [-0.2, 0) is 29.5 Å². The van der Waals surface area contributed by atoms with Gasteiger partial charge < -0.3 is 9.73 Å². The summed E-state index contributed by atoms with van der Waals surface area (Å²) in [4.78, 5) is 31.7. The third-order valence-corrected chi connectivity index (χ3v) is 8.96. The molecule has 1 atom stereocenters. The molecule has 45 heavy (non-hydrogen) atoms. The lowest BCUT2D eigenvalue weighted by molar-refractivity contribution is -0.137. The van der Waals surface area contributed by atoms with Crippen LogP contribution in [0, 0.1) is 20.8 Å². The van der Waals surface area contributed by atoms with Crippen molar-refractivity contribution in [1.29, 1.82) is 0 Å². The van der Waals surface area contributed by atoms with Crippen molar-refractivity contribution in [3.05, 3.63) is 111 Å². The molecule has 3 aromatic heterocycles. The maximum absolute atomic E-state index is 13.7. The van der Waals surface area contributed by atoms with Crippen LogP contribution in [0.4, 0.5) is 19.2 Å². The molecule has 3 heterocycles. The van der Waals surface area contributed by atoms with E-state index in [0.29, 0.717) is 38.9 Å². The number of carbonyl (C=O) groups is 1.